The number of benzene rings is 1. The van der Waals surface area contributed by atoms with Crippen molar-refractivity contribution >= 4 is 73.6 Å². The van der Waals surface area contributed by atoms with Gasteiger partial charge in [0, 0.05) is 4.47 Å². The standard InChI is InChI=1S/C7H4Br4O2S/c8-5-3-1-2-4-6(5)14(12,13)7(9,10)11/h1-4H. The molecular weight excluding hydrogens is 468 g/mol. The van der Waals surface area contributed by atoms with Crippen molar-refractivity contribution < 1.29 is 8.42 Å². The highest BCUT2D eigenvalue weighted by Crippen LogP contribution is 2.44. The van der Waals surface area contributed by atoms with Gasteiger partial charge in [0.05, 0.1) is 4.90 Å². The lowest BCUT2D eigenvalue weighted by Crippen LogP contribution is -2.18. The minimum absolute atomic E-state index is 0.214. The maximum Gasteiger partial charge on any atom is 0.239 e. The van der Waals surface area contributed by atoms with Crippen LogP contribution in [0, 0.1) is 0 Å². The van der Waals surface area contributed by atoms with Gasteiger partial charge in [0.2, 0.25) is 11.3 Å². The van der Waals surface area contributed by atoms with Crippen molar-refractivity contribution in [2.24, 2.45) is 0 Å². The molecule has 0 bridgehead atoms. The zero-order valence-electron chi connectivity index (χ0n) is 6.55. The van der Waals surface area contributed by atoms with E-state index in [-0.39, 0.29) is 4.90 Å². The van der Waals surface area contributed by atoms with Crippen molar-refractivity contribution in [2.75, 3.05) is 0 Å². The Morgan fingerprint density at radius 3 is 2.00 bits per heavy atom. The van der Waals surface area contributed by atoms with Crippen LogP contribution in [-0.4, -0.2) is 9.89 Å². The smallest absolute Gasteiger partial charge is 0.220 e. The molecule has 0 fully saturated rings. The Labute approximate surface area is 116 Å². The monoisotopic (exact) mass is 468 g/mol. The van der Waals surface area contributed by atoms with Crippen LogP contribution in [0.1, 0.15) is 0 Å². The van der Waals surface area contributed by atoms with Gasteiger partial charge in [0.1, 0.15) is 0 Å². The molecule has 0 heterocycles. The molecule has 0 N–H and O–H groups in total. The molecule has 7 heteroatoms. The molecule has 14 heavy (non-hydrogen) atoms. The number of sulfone groups is 1. The molecule has 0 unspecified atom stereocenters. The van der Waals surface area contributed by atoms with Gasteiger partial charge in [-0.1, -0.05) is 12.1 Å². The molecule has 0 aliphatic rings. The Bertz CT molecular complexity index is 435. The number of hydrogen-bond acceptors (Lipinski definition) is 2. The van der Waals surface area contributed by atoms with E-state index in [0.717, 1.165) is 0 Å². The van der Waals surface area contributed by atoms with Crippen LogP contribution in [-0.2, 0) is 9.84 Å². The lowest BCUT2D eigenvalue weighted by Gasteiger charge is -2.14. The van der Waals surface area contributed by atoms with E-state index in [1.807, 2.05) is 0 Å². The highest BCUT2D eigenvalue weighted by atomic mass is 80.0. The van der Waals surface area contributed by atoms with Gasteiger partial charge in [0.25, 0.3) is 0 Å². The summed E-state index contributed by atoms with van der Waals surface area (Å²) in [6, 6.07) is 6.61. The number of hydrogen-bond donors (Lipinski definition) is 0. The minimum atomic E-state index is -3.50. The molecule has 0 atom stereocenters. The summed E-state index contributed by atoms with van der Waals surface area (Å²) in [4.78, 5) is 0.214. The van der Waals surface area contributed by atoms with Crippen LogP contribution >= 0.6 is 63.7 Å². The van der Waals surface area contributed by atoms with Gasteiger partial charge in [0.15, 0.2) is 0 Å². The van der Waals surface area contributed by atoms with Crippen LogP contribution in [0.3, 0.4) is 0 Å². The molecule has 2 nitrogen and oxygen atoms in total. The molecule has 0 aromatic heterocycles. The summed E-state index contributed by atoms with van der Waals surface area (Å²) in [6.45, 7) is 0. The van der Waals surface area contributed by atoms with Crippen LogP contribution < -0.4 is 0 Å². The largest absolute Gasteiger partial charge is 0.239 e. The van der Waals surface area contributed by atoms with Crippen molar-refractivity contribution in [3.8, 4) is 0 Å². The maximum atomic E-state index is 11.9. The summed E-state index contributed by atoms with van der Waals surface area (Å²) < 4.78 is 23.0. The van der Waals surface area contributed by atoms with Gasteiger partial charge >= 0.3 is 0 Å². The molecule has 0 saturated heterocycles. The van der Waals surface area contributed by atoms with Crippen molar-refractivity contribution in [1.82, 2.24) is 0 Å². The lowest BCUT2D eigenvalue weighted by molar-refractivity contribution is 0.598. The number of alkyl halides is 3. The molecule has 1 aromatic rings. The molecule has 1 rings (SSSR count). The highest BCUT2D eigenvalue weighted by Gasteiger charge is 2.38. The average molecular weight is 472 g/mol. The molecular formula is C7H4Br4O2S. The Kier molecular flexibility index (Phi) is 4.26. The third-order valence-electron chi connectivity index (χ3n) is 1.43. The fraction of sp³-hybridized carbons (Fsp3) is 0.143. The lowest BCUT2D eigenvalue weighted by atomic mass is 10.4. The van der Waals surface area contributed by atoms with Crippen LogP contribution in [0.15, 0.2) is 33.6 Å². The SMILES string of the molecule is O=S(=O)(c1ccccc1Br)C(Br)(Br)Br. The zero-order valence-corrected chi connectivity index (χ0v) is 13.7. The predicted octanol–water partition coefficient (Wildman–Crippen LogP) is 4.02. The first kappa shape index (κ1) is 13.2. The molecule has 0 radical (unpaired) electrons. The number of rotatable bonds is 1. The Morgan fingerprint density at radius 1 is 1.07 bits per heavy atom. The third-order valence-corrected chi connectivity index (χ3v) is 7.77. The molecule has 0 amide bonds. The summed E-state index contributed by atoms with van der Waals surface area (Å²) >= 11 is 12.2. The second kappa shape index (κ2) is 4.53. The van der Waals surface area contributed by atoms with Gasteiger partial charge in [-0.15, -0.1) is 0 Å². The summed E-state index contributed by atoms with van der Waals surface area (Å²) in [5, 5.41) is 0. The summed E-state index contributed by atoms with van der Waals surface area (Å²) in [7, 11) is -3.50. The van der Waals surface area contributed by atoms with Gasteiger partial charge in [-0.3, -0.25) is 0 Å². The fourth-order valence-electron chi connectivity index (χ4n) is 0.787. The van der Waals surface area contributed by atoms with Crippen molar-refractivity contribution in [3.63, 3.8) is 0 Å². The molecule has 0 spiro atoms. The van der Waals surface area contributed by atoms with Crippen LogP contribution in [0.2, 0.25) is 0 Å². The van der Waals surface area contributed by atoms with E-state index in [2.05, 4.69) is 63.7 Å². The van der Waals surface area contributed by atoms with E-state index in [4.69, 9.17) is 0 Å². The Morgan fingerprint density at radius 2 is 1.57 bits per heavy atom. The second-order valence-corrected chi connectivity index (χ2v) is 13.6. The van der Waals surface area contributed by atoms with Gasteiger partial charge in [-0.25, -0.2) is 8.42 Å². The zero-order chi connectivity index (χ0) is 11.0. The Hall–Kier alpha value is 1.09. The normalized spacial score (nSPS) is 12.9. The molecule has 1 aromatic carbocycles. The fourth-order valence-corrected chi connectivity index (χ4v) is 4.11. The molecule has 0 saturated carbocycles. The van der Waals surface area contributed by atoms with Gasteiger partial charge < -0.3 is 0 Å². The predicted molar refractivity (Wildman–Crippen MR) is 70.8 cm³/mol. The van der Waals surface area contributed by atoms with E-state index in [0.29, 0.717) is 4.47 Å². The Balaban J connectivity index is 3.40. The number of halogens is 4. The summed E-state index contributed by atoms with van der Waals surface area (Å²) in [6.07, 6.45) is 0. The van der Waals surface area contributed by atoms with Crippen LogP contribution in [0.4, 0.5) is 0 Å². The van der Waals surface area contributed by atoms with Crippen LogP contribution in [0.5, 0.6) is 0 Å². The van der Waals surface area contributed by atoms with E-state index in [9.17, 15) is 8.42 Å². The first-order chi connectivity index (χ1) is 6.27. The maximum absolute atomic E-state index is 11.9. The second-order valence-electron chi connectivity index (χ2n) is 2.38. The summed E-state index contributed by atoms with van der Waals surface area (Å²) in [5.41, 5.74) is 0. The van der Waals surface area contributed by atoms with Crippen molar-refractivity contribution in [2.45, 2.75) is 6.37 Å². The molecule has 0 aliphatic carbocycles. The van der Waals surface area contributed by atoms with E-state index >= 15 is 0 Å². The highest BCUT2D eigenvalue weighted by molar-refractivity contribution is 9.42. The topological polar surface area (TPSA) is 34.1 Å². The van der Waals surface area contributed by atoms with Crippen LogP contribution in [0.25, 0.3) is 0 Å². The van der Waals surface area contributed by atoms with Crippen molar-refractivity contribution in [1.29, 1.82) is 0 Å². The van der Waals surface area contributed by atoms with Gasteiger partial charge in [-0.05, 0) is 75.9 Å². The van der Waals surface area contributed by atoms with E-state index < -0.39 is 11.3 Å². The first-order valence-corrected chi connectivity index (χ1v) is 7.98. The average Bonchev–Trinajstić information content (AvgIpc) is 2.02. The summed E-state index contributed by atoms with van der Waals surface area (Å²) in [5.74, 6) is 0. The first-order valence-electron chi connectivity index (χ1n) is 3.32. The third kappa shape index (κ3) is 2.61. The quantitative estimate of drug-likeness (QED) is 0.580. The van der Waals surface area contributed by atoms with E-state index in [1.54, 1.807) is 18.2 Å². The molecule has 0 aliphatic heterocycles. The van der Waals surface area contributed by atoms with Gasteiger partial charge in [-0.2, -0.15) is 0 Å². The van der Waals surface area contributed by atoms with Crippen molar-refractivity contribution in [3.05, 3.63) is 28.7 Å². The molecule has 78 valence electrons. The van der Waals surface area contributed by atoms with E-state index in [1.165, 1.54) is 6.07 Å². The minimum Gasteiger partial charge on any atom is -0.220 e.